The van der Waals surface area contributed by atoms with Crippen LogP contribution in [-0.2, 0) is 72.7 Å². The van der Waals surface area contributed by atoms with Crippen LogP contribution in [0.15, 0.2) is 188 Å². The molecule has 5 atom stereocenters. The SMILES string of the molecule is CNCc1cc(C)ccc1Pc1cc(C)ccc1OCOC.CNCc1cc(C)ccc1Pc1cccc(C)c1OCOC.CNCc1cc(C)ccc1Pc1ccccc1OCOC.CNCc1ccccc1Pc1cc(C(C)(C)C)cc(C(C)(C)C)c1OCOC.CNCc1ccccc1Pc1cc(C(C)(C)C)cc(C)c1OCOC. The van der Waals surface area contributed by atoms with Crippen molar-refractivity contribution in [2.45, 2.75) is 153 Å². The number of hydrogen-bond acceptors (Lipinski definition) is 15. The van der Waals surface area contributed by atoms with Gasteiger partial charge in [-0.25, -0.2) is 0 Å². The number of methoxy groups -OCH3 is 5. The predicted molar refractivity (Wildman–Crippen MR) is 513 cm³/mol. The van der Waals surface area contributed by atoms with Gasteiger partial charge in [0, 0.05) is 100 Å². The Labute approximate surface area is 717 Å². The summed E-state index contributed by atoms with van der Waals surface area (Å²) in [6.07, 6.45) is 0. The maximum Gasteiger partial charge on any atom is 0.188 e. The van der Waals surface area contributed by atoms with Gasteiger partial charge in [0.2, 0.25) is 0 Å². The van der Waals surface area contributed by atoms with Gasteiger partial charge in [-0.2, -0.15) is 0 Å². The van der Waals surface area contributed by atoms with Crippen LogP contribution in [0.3, 0.4) is 0 Å². The van der Waals surface area contributed by atoms with E-state index in [9.17, 15) is 0 Å². The largest absolute Gasteiger partial charge is 0.467 e. The van der Waals surface area contributed by atoms with Gasteiger partial charge in [-0.05, 0) is 200 Å². The summed E-state index contributed by atoms with van der Waals surface area (Å²) in [6.45, 7) is 38.7. The van der Waals surface area contributed by atoms with Crippen molar-refractivity contribution >= 4 is 95.9 Å². The van der Waals surface area contributed by atoms with E-state index < -0.39 is 0 Å². The van der Waals surface area contributed by atoms with Crippen molar-refractivity contribution in [1.29, 1.82) is 0 Å². The van der Waals surface area contributed by atoms with E-state index >= 15 is 0 Å². The van der Waals surface area contributed by atoms with E-state index in [1.165, 1.54) is 120 Å². The number of ether oxygens (including phenoxy) is 10. The first-order chi connectivity index (χ1) is 56.5. The normalized spacial score (nSPS) is 11.8. The third-order valence-electron chi connectivity index (χ3n) is 18.8. The second-order valence-corrected chi connectivity index (χ2v) is 38.7. The molecule has 0 fully saturated rings. The fourth-order valence-electron chi connectivity index (χ4n) is 12.7. The van der Waals surface area contributed by atoms with Crippen molar-refractivity contribution < 1.29 is 47.4 Å². The number of para-hydroxylation sites is 2. The number of benzene rings is 10. The van der Waals surface area contributed by atoms with E-state index in [-0.39, 0.29) is 50.2 Å². The van der Waals surface area contributed by atoms with Crippen LogP contribution in [0, 0.1) is 41.5 Å². The molecule has 0 spiro atoms. The molecular formula is C98H136N5O10P5. The van der Waals surface area contributed by atoms with Gasteiger partial charge in [-0.1, -0.05) is 285 Å². The van der Waals surface area contributed by atoms with Crippen molar-refractivity contribution in [3.63, 3.8) is 0 Å². The Balaban J connectivity index is 0.000000230. The van der Waals surface area contributed by atoms with Crippen molar-refractivity contribution in [2.24, 2.45) is 0 Å². The van der Waals surface area contributed by atoms with Crippen molar-refractivity contribution in [3.8, 4) is 28.7 Å². The van der Waals surface area contributed by atoms with Gasteiger partial charge in [0.1, 0.15) is 28.7 Å². The van der Waals surface area contributed by atoms with E-state index in [4.69, 9.17) is 47.4 Å². The predicted octanol–water partition coefficient (Wildman–Crippen LogP) is 15.8. The summed E-state index contributed by atoms with van der Waals surface area (Å²) in [5.74, 6) is 4.67. The first kappa shape index (κ1) is 99.8. The smallest absolute Gasteiger partial charge is 0.188 e. The highest BCUT2D eigenvalue weighted by Gasteiger charge is 2.28. The topological polar surface area (TPSA) is 152 Å². The second-order valence-electron chi connectivity index (χ2n) is 32.1. The van der Waals surface area contributed by atoms with E-state index in [1.54, 1.807) is 35.5 Å². The Morgan fingerprint density at radius 1 is 0.254 bits per heavy atom. The van der Waals surface area contributed by atoms with Crippen LogP contribution in [0.25, 0.3) is 0 Å². The van der Waals surface area contributed by atoms with Gasteiger partial charge in [-0.3, -0.25) is 0 Å². The first-order valence-electron chi connectivity index (χ1n) is 40.2. The highest BCUT2D eigenvalue weighted by atomic mass is 31.1. The fourth-order valence-corrected chi connectivity index (χ4v) is 19.4. The zero-order valence-electron chi connectivity index (χ0n) is 75.1. The zero-order chi connectivity index (χ0) is 86.4. The molecule has 10 rings (SSSR count). The summed E-state index contributed by atoms with van der Waals surface area (Å²) in [5, 5.41) is 29.2. The van der Waals surface area contributed by atoms with E-state index in [1.807, 2.05) is 59.5 Å². The molecule has 10 aromatic carbocycles. The monoisotopic (exact) mass is 1700 g/mol. The molecule has 0 saturated heterocycles. The Kier molecular flexibility index (Phi) is 43.7. The molecule has 5 N–H and O–H groups in total. The van der Waals surface area contributed by atoms with E-state index in [2.05, 4.69) is 294 Å². The number of rotatable bonds is 35. The second kappa shape index (κ2) is 51.7. The van der Waals surface area contributed by atoms with Gasteiger partial charge >= 0.3 is 0 Å². The Morgan fingerprint density at radius 3 is 1.01 bits per heavy atom. The fraction of sp³-hybridized carbons (Fsp3) is 0.388. The number of nitrogens with one attached hydrogen (secondary N) is 5. The molecule has 638 valence electrons. The Morgan fingerprint density at radius 2 is 0.576 bits per heavy atom. The van der Waals surface area contributed by atoms with E-state index in [0.717, 1.165) is 72.6 Å². The molecule has 0 aromatic heterocycles. The molecule has 0 aliphatic heterocycles. The lowest BCUT2D eigenvalue weighted by Gasteiger charge is -2.29. The van der Waals surface area contributed by atoms with Crippen LogP contribution >= 0.6 is 42.9 Å². The molecule has 0 amide bonds. The molecule has 0 aliphatic carbocycles. The highest BCUT2D eigenvalue weighted by molar-refractivity contribution is 7.57. The zero-order valence-corrected chi connectivity index (χ0v) is 80.1. The third-order valence-corrected chi connectivity index (χ3v) is 25.8. The van der Waals surface area contributed by atoms with Gasteiger partial charge in [0.25, 0.3) is 0 Å². The third kappa shape index (κ3) is 32.7. The minimum absolute atomic E-state index is 0.0198. The molecule has 5 unspecified atom stereocenters. The summed E-state index contributed by atoms with van der Waals surface area (Å²) in [7, 11) is 20.9. The summed E-state index contributed by atoms with van der Waals surface area (Å²) in [4.78, 5) is 0. The van der Waals surface area contributed by atoms with E-state index in [0.29, 0.717) is 42.9 Å². The molecule has 15 nitrogen and oxygen atoms in total. The molecule has 20 heteroatoms. The summed E-state index contributed by atoms with van der Waals surface area (Å²) >= 11 is 0. The molecule has 118 heavy (non-hydrogen) atoms. The molecular weight excluding hydrogens is 1560 g/mol. The molecule has 0 heterocycles. The molecule has 10 aromatic rings. The standard InChI is InChI=1S/C24H36NO2P.C21H30NO2P.2C18H24NO2P.C17H22NO2P/c1-23(2,3)18-13-19(24(4,5)6)22(27-16-26-8)21(14-18)28-20-12-10-9-11-17(20)15-25-7;1-15-11-17(21(2,3)4)12-19(20(15)24-14-23-6)25-18-10-8-7-9-16(18)13-22-5;1-13-6-8-17(15(9-13)11-19-3)22-18-10-14(2)5-7-16(18)21-12-20-4;1-13-8-9-16(15(10-13)11-19-3)22-17-7-5-6-14(2)18(17)21-12-20-4;1-13-8-9-16(14(10-13)11-18-2)21-17-7-5-4-6-15(17)20-12-19-3/h9-14,25,28H,15-16H2,1-8H3;7-12,22,25H,13-14H2,1-6H3;2*5-10,19,22H,11-12H2,1-4H3;4-10,18,21H,11-12H2,1-3H3. The lowest BCUT2D eigenvalue weighted by atomic mass is 9.80. The molecule has 0 saturated carbocycles. The number of hydrogen-bond donors (Lipinski definition) is 5. The lowest BCUT2D eigenvalue weighted by Crippen LogP contribution is -2.24. The summed E-state index contributed by atoms with van der Waals surface area (Å²) in [5.41, 5.74) is 18.2. The van der Waals surface area contributed by atoms with Crippen LogP contribution in [0.2, 0.25) is 0 Å². The average molecular weight is 1700 g/mol. The Hall–Kier alpha value is -7.05. The summed E-state index contributed by atoms with van der Waals surface area (Å²) < 4.78 is 54.7. The minimum atomic E-state index is -0.0198. The van der Waals surface area contributed by atoms with Crippen molar-refractivity contribution in [3.05, 3.63) is 266 Å². The highest BCUT2D eigenvalue weighted by Crippen LogP contribution is 2.39. The van der Waals surface area contributed by atoms with Crippen LogP contribution in [0.4, 0.5) is 0 Å². The first-order valence-corrected chi connectivity index (χ1v) is 45.2. The average Bonchev–Trinajstić information content (AvgIpc) is 0.776. The molecule has 0 radical (unpaired) electrons. The van der Waals surface area contributed by atoms with Crippen LogP contribution < -0.4 is 103 Å². The Bertz CT molecular complexity index is 4640. The van der Waals surface area contributed by atoms with Gasteiger partial charge in [-0.15, -0.1) is 0 Å². The van der Waals surface area contributed by atoms with Crippen LogP contribution in [0.5, 0.6) is 28.7 Å². The van der Waals surface area contributed by atoms with Crippen LogP contribution in [0.1, 0.15) is 140 Å². The van der Waals surface area contributed by atoms with Gasteiger partial charge < -0.3 is 74.0 Å². The maximum absolute atomic E-state index is 6.15. The number of aryl methyl sites for hydroxylation is 6. The molecule has 0 aliphatic rings. The summed E-state index contributed by atoms with van der Waals surface area (Å²) in [6, 6.07) is 67.1. The van der Waals surface area contributed by atoms with Crippen molar-refractivity contribution in [2.75, 3.05) is 105 Å². The lowest BCUT2D eigenvalue weighted by molar-refractivity contribution is 0.0505. The molecule has 0 bridgehead atoms. The minimum Gasteiger partial charge on any atom is -0.467 e. The quantitative estimate of drug-likeness (QED) is 0.0189. The van der Waals surface area contributed by atoms with Crippen molar-refractivity contribution in [1.82, 2.24) is 26.6 Å². The van der Waals surface area contributed by atoms with Crippen LogP contribution in [-0.4, -0.2) is 105 Å². The van der Waals surface area contributed by atoms with Gasteiger partial charge in [0.05, 0.1) is 0 Å². The van der Waals surface area contributed by atoms with Gasteiger partial charge in [0.15, 0.2) is 34.0 Å². The maximum atomic E-state index is 6.15.